The molecule has 1 aromatic carbocycles. The summed E-state index contributed by atoms with van der Waals surface area (Å²) in [5.41, 5.74) is 2.96. The SMILES string of the molecule is O=[N+]([O-])c1ccc(N/N=C\c2cccc([N+](=O)[O-])c2)nc1. The van der Waals surface area contributed by atoms with Crippen molar-refractivity contribution in [2.45, 2.75) is 0 Å². The second kappa shape index (κ2) is 6.19. The molecule has 0 saturated carbocycles. The number of hydrazone groups is 1. The second-order valence-electron chi connectivity index (χ2n) is 3.88. The lowest BCUT2D eigenvalue weighted by molar-refractivity contribution is -0.385. The maximum atomic E-state index is 10.6. The molecule has 0 aliphatic heterocycles. The first-order valence-electron chi connectivity index (χ1n) is 5.70. The van der Waals surface area contributed by atoms with Crippen LogP contribution in [0.1, 0.15) is 5.56 Å². The molecule has 0 fully saturated rings. The molecule has 9 heteroatoms. The number of non-ortho nitro benzene ring substituents is 1. The molecule has 9 nitrogen and oxygen atoms in total. The molecule has 0 spiro atoms. The fourth-order valence-corrected chi connectivity index (χ4v) is 1.45. The topological polar surface area (TPSA) is 124 Å². The summed E-state index contributed by atoms with van der Waals surface area (Å²) in [7, 11) is 0. The van der Waals surface area contributed by atoms with E-state index in [1.165, 1.54) is 30.5 Å². The van der Waals surface area contributed by atoms with Gasteiger partial charge in [0.05, 0.1) is 16.1 Å². The Bertz CT molecular complexity index is 699. The normalized spacial score (nSPS) is 10.5. The average Bonchev–Trinajstić information content (AvgIpc) is 2.48. The molecule has 2 aromatic rings. The number of hydrogen-bond donors (Lipinski definition) is 1. The lowest BCUT2D eigenvalue weighted by Gasteiger charge is -1.98. The van der Waals surface area contributed by atoms with Crippen molar-refractivity contribution in [1.29, 1.82) is 0 Å². The van der Waals surface area contributed by atoms with Crippen molar-refractivity contribution < 1.29 is 9.85 Å². The Morgan fingerprint density at radius 2 is 1.86 bits per heavy atom. The highest BCUT2D eigenvalue weighted by Crippen LogP contribution is 2.13. The third-order valence-electron chi connectivity index (χ3n) is 2.43. The largest absolute Gasteiger partial charge is 0.287 e. The van der Waals surface area contributed by atoms with E-state index in [1.807, 2.05) is 0 Å². The van der Waals surface area contributed by atoms with Crippen LogP contribution in [0.25, 0.3) is 0 Å². The number of nitrogens with one attached hydrogen (secondary N) is 1. The fraction of sp³-hybridized carbons (Fsp3) is 0. The Morgan fingerprint density at radius 3 is 2.48 bits per heavy atom. The molecule has 106 valence electrons. The van der Waals surface area contributed by atoms with Gasteiger partial charge in [-0.15, -0.1) is 0 Å². The van der Waals surface area contributed by atoms with E-state index >= 15 is 0 Å². The van der Waals surface area contributed by atoms with Gasteiger partial charge in [-0.2, -0.15) is 5.10 Å². The molecule has 0 amide bonds. The van der Waals surface area contributed by atoms with E-state index in [0.29, 0.717) is 11.4 Å². The van der Waals surface area contributed by atoms with Crippen LogP contribution >= 0.6 is 0 Å². The highest BCUT2D eigenvalue weighted by Gasteiger charge is 2.05. The number of pyridine rings is 1. The molecule has 0 aliphatic carbocycles. The second-order valence-corrected chi connectivity index (χ2v) is 3.88. The van der Waals surface area contributed by atoms with Gasteiger partial charge in [0.1, 0.15) is 12.0 Å². The van der Waals surface area contributed by atoms with Gasteiger partial charge in [-0.25, -0.2) is 4.98 Å². The first kappa shape index (κ1) is 14.1. The summed E-state index contributed by atoms with van der Waals surface area (Å²) in [6.45, 7) is 0. The van der Waals surface area contributed by atoms with Gasteiger partial charge in [0.15, 0.2) is 0 Å². The quantitative estimate of drug-likeness (QED) is 0.511. The van der Waals surface area contributed by atoms with Crippen molar-refractivity contribution >= 4 is 23.4 Å². The maximum Gasteiger partial charge on any atom is 0.287 e. The Balaban J connectivity index is 2.03. The molecular weight excluding hydrogens is 278 g/mol. The van der Waals surface area contributed by atoms with Crippen molar-refractivity contribution in [3.8, 4) is 0 Å². The van der Waals surface area contributed by atoms with E-state index in [0.717, 1.165) is 6.20 Å². The Kier molecular flexibility index (Phi) is 4.14. The van der Waals surface area contributed by atoms with Gasteiger partial charge in [0.2, 0.25) is 0 Å². The van der Waals surface area contributed by atoms with Crippen LogP contribution in [0.5, 0.6) is 0 Å². The van der Waals surface area contributed by atoms with E-state index in [4.69, 9.17) is 0 Å². The zero-order valence-electron chi connectivity index (χ0n) is 10.5. The number of hydrogen-bond acceptors (Lipinski definition) is 7. The smallest absolute Gasteiger partial charge is 0.261 e. The van der Waals surface area contributed by atoms with Crippen LogP contribution in [0.2, 0.25) is 0 Å². The molecule has 0 unspecified atom stereocenters. The van der Waals surface area contributed by atoms with Crippen molar-refractivity contribution in [1.82, 2.24) is 4.98 Å². The van der Waals surface area contributed by atoms with Gasteiger partial charge in [-0.05, 0) is 6.07 Å². The molecule has 0 radical (unpaired) electrons. The number of rotatable bonds is 5. The molecule has 1 N–H and O–H groups in total. The fourth-order valence-electron chi connectivity index (χ4n) is 1.45. The van der Waals surface area contributed by atoms with Crippen molar-refractivity contribution in [3.05, 3.63) is 68.4 Å². The number of aromatic nitrogens is 1. The molecule has 1 heterocycles. The molecule has 1 aromatic heterocycles. The molecule has 0 bridgehead atoms. The zero-order valence-corrected chi connectivity index (χ0v) is 10.5. The summed E-state index contributed by atoms with van der Waals surface area (Å²) in [5, 5.41) is 24.9. The van der Waals surface area contributed by atoms with E-state index in [1.54, 1.807) is 12.1 Å². The van der Waals surface area contributed by atoms with Crippen LogP contribution in [0.3, 0.4) is 0 Å². The third kappa shape index (κ3) is 3.80. The van der Waals surface area contributed by atoms with Gasteiger partial charge >= 0.3 is 0 Å². The lowest BCUT2D eigenvalue weighted by Crippen LogP contribution is -1.95. The minimum Gasteiger partial charge on any atom is -0.261 e. The molecule has 2 rings (SSSR count). The first-order chi connectivity index (χ1) is 10.1. The summed E-state index contributed by atoms with van der Waals surface area (Å²) in [4.78, 5) is 23.8. The predicted octanol–water partition coefficient (Wildman–Crippen LogP) is 2.34. The predicted molar refractivity (Wildman–Crippen MR) is 75.2 cm³/mol. The van der Waals surface area contributed by atoms with Crippen molar-refractivity contribution in [2.75, 3.05) is 5.43 Å². The molecule has 21 heavy (non-hydrogen) atoms. The van der Waals surface area contributed by atoms with Gasteiger partial charge in [-0.1, -0.05) is 12.1 Å². The molecule has 0 atom stereocenters. The molecular formula is C12H9N5O4. The van der Waals surface area contributed by atoms with Gasteiger partial charge in [0, 0.05) is 23.8 Å². The van der Waals surface area contributed by atoms with Crippen LogP contribution in [0, 0.1) is 20.2 Å². The van der Waals surface area contributed by atoms with E-state index in [-0.39, 0.29) is 11.4 Å². The van der Waals surface area contributed by atoms with E-state index in [2.05, 4.69) is 15.5 Å². The Labute approximate surface area is 118 Å². The van der Waals surface area contributed by atoms with E-state index in [9.17, 15) is 20.2 Å². The van der Waals surface area contributed by atoms with Gasteiger partial charge in [-0.3, -0.25) is 25.7 Å². The standard InChI is InChI=1S/C12H9N5O4/c18-16(19)10-3-1-2-9(6-10)7-14-15-12-5-4-11(8-13-12)17(20)21/h1-8H,(H,13,15)/b14-7-. The Hall–Kier alpha value is -3.36. The molecule has 0 saturated heterocycles. The zero-order chi connectivity index (χ0) is 15.2. The average molecular weight is 287 g/mol. The lowest BCUT2D eigenvalue weighted by atomic mass is 10.2. The summed E-state index contributed by atoms with van der Waals surface area (Å²) < 4.78 is 0. The Morgan fingerprint density at radius 1 is 1.10 bits per heavy atom. The highest BCUT2D eigenvalue weighted by atomic mass is 16.6. The number of anilines is 1. The summed E-state index contributed by atoms with van der Waals surface area (Å²) in [5.74, 6) is 0.322. The van der Waals surface area contributed by atoms with Gasteiger partial charge in [0.25, 0.3) is 11.4 Å². The van der Waals surface area contributed by atoms with Crippen LogP contribution in [-0.4, -0.2) is 21.0 Å². The monoisotopic (exact) mass is 287 g/mol. The van der Waals surface area contributed by atoms with Crippen LogP contribution in [0.4, 0.5) is 17.2 Å². The minimum atomic E-state index is -0.552. The van der Waals surface area contributed by atoms with Gasteiger partial charge < -0.3 is 0 Å². The highest BCUT2D eigenvalue weighted by molar-refractivity contribution is 5.81. The van der Waals surface area contributed by atoms with Crippen LogP contribution < -0.4 is 5.43 Å². The van der Waals surface area contributed by atoms with Crippen LogP contribution in [-0.2, 0) is 0 Å². The summed E-state index contributed by atoms with van der Waals surface area (Å²) in [6, 6.07) is 8.64. The minimum absolute atomic E-state index is 0.0348. The maximum absolute atomic E-state index is 10.6. The van der Waals surface area contributed by atoms with Crippen LogP contribution in [0.15, 0.2) is 47.7 Å². The number of nitro groups is 2. The van der Waals surface area contributed by atoms with Crippen molar-refractivity contribution in [3.63, 3.8) is 0 Å². The summed E-state index contributed by atoms with van der Waals surface area (Å²) in [6.07, 6.45) is 2.49. The number of nitro benzene ring substituents is 1. The summed E-state index contributed by atoms with van der Waals surface area (Å²) >= 11 is 0. The van der Waals surface area contributed by atoms with E-state index < -0.39 is 9.85 Å². The number of benzene rings is 1. The number of nitrogens with zero attached hydrogens (tertiary/aromatic N) is 4. The first-order valence-corrected chi connectivity index (χ1v) is 5.70. The van der Waals surface area contributed by atoms with Crippen molar-refractivity contribution in [2.24, 2.45) is 5.10 Å². The molecule has 0 aliphatic rings. The third-order valence-corrected chi connectivity index (χ3v) is 2.43.